The van der Waals surface area contributed by atoms with Crippen molar-refractivity contribution < 1.29 is 23.4 Å². The van der Waals surface area contributed by atoms with Crippen molar-refractivity contribution in [3.63, 3.8) is 0 Å². The Morgan fingerprint density at radius 2 is 1.74 bits per heavy atom. The Hall–Kier alpha value is -3.78. The molecule has 1 aromatic heterocycles. The SMILES string of the molecule is CCOc1ccc(N2C(=O)c3oc4ccc(Br)cc4c(=O)c3C2c2ccc(OCC(C)C)c(OC)c2)cc1. The van der Waals surface area contributed by atoms with Gasteiger partial charge in [-0.25, -0.2) is 0 Å². The van der Waals surface area contributed by atoms with Crippen LogP contribution < -0.4 is 24.5 Å². The first-order valence-electron chi connectivity index (χ1n) is 12.5. The molecule has 0 saturated heterocycles. The van der Waals surface area contributed by atoms with E-state index in [1.807, 2.05) is 25.1 Å². The van der Waals surface area contributed by atoms with Gasteiger partial charge in [-0.2, -0.15) is 0 Å². The molecule has 1 aliphatic heterocycles. The highest BCUT2D eigenvalue weighted by Gasteiger charge is 2.44. The smallest absolute Gasteiger partial charge is 0.295 e. The molecule has 38 heavy (non-hydrogen) atoms. The van der Waals surface area contributed by atoms with Gasteiger partial charge in [-0.15, -0.1) is 0 Å². The zero-order chi connectivity index (χ0) is 27.0. The Kier molecular flexibility index (Phi) is 7.17. The van der Waals surface area contributed by atoms with E-state index in [0.29, 0.717) is 58.6 Å². The summed E-state index contributed by atoms with van der Waals surface area (Å²) in [6.45, 7) is 7.11. The molecule has 0 N–H and O–H groups in total. The normalized spacial score (nSPS) is 14.7. The zero-order valence-electron chi connectivity index (χ0n) is 21.6. The third-order valence-corrected chi connectivity index (χ3v) is 6.83. The number of amides is 1. The predicted octanol–water partition coefficient (Wildman–Crippen LogP) is 6.75. The van der Waals surface area contributed by atoms with Gasteiger partial charge in [-0.05, 0) is 73.0 Å². The highest BCUT2D eigenvalue weighted by molar-refractivity contribution is 9.10. The number of rotatable bonds is 8. The van der Waals surface area contributed by atoms with Crippen LogP contribution in [0.3, 0.4) is 0 Å². The first kappa shape index (κ1) is 25.9. The first-order valence-corrected chi connectivity index (χ1v) is 13.2. The molecule has 5 rings (SSSR count). The lowest BCUT2D eigenvalue weighted by molar-refractivity contribution is 0.0971. The highest BCUT2D eigenvalue weighted by Crippen LogP contribution is 2.43. The van der Waals surface area contributed by atoms with Crippen molar-refractivity contribution in [2.45, 2.75) is 26.8 Å². The third-order valence-electron chi connectivity index (χ3n) is 6.33. The van der Waals surface area contributed by atoms with Crippen LogP contribution in [0.1, 0.15) is 48.5 Å². The van der Waals surface area contributed by atoms with Crippen LogP contribution in [0.4, 0.5) is 5.69 Å². The van der Waals surface area contributed by atoms with E-state index in [9.17, 15) is 9.59 Å². The van der Waals surface area contributed by atoms with Gasteiger partial charge in [0.25, 0.3) is 5.91 Å². The summed E-state index contributed by atoms with van der Waals surface area (Å²) >= 11 is 3.44. The fourth-order valence-corrected chi connectivity index (χ4v) is 4.99. The first-order chi connectivity index (χ1) is 18.3. The van der Waals surface area contributed by atoms with Gasteiger partial charge >= 0.3 is 0 Å². The molecule has 8 heteroatoms. The molecule has 2 heterocycles. The number of benzene rings is 3. The van der Waals surface area contributed by atoms with Crippen molar-refractivity contribution in [2.75, 3.05) is 25.2 Å². The second kappa shape index (κ2) is 10.5. The van der Waals surface area contributed by atoms with Gasteiger partial charge in [0.15, 0.2) is 16.9 Å². The second-order valence-corrected chi connectivity index (χ2v) is 10.3. The summed E-state index contributed by atoms with van der Waals surface area (Å²) in [6.07, 6.45) is 0. The van der Waals surface area contributed by atoms with Crippen LogP contribution in [0.2, 0.25) is 0 Å². The van der Waals surface area contributed by atoms with E-state index in [4.69, 9.17) is 18.6 Å². The Labute approximate surface area is 229 Å². The number of carbonyl (C=O) groups excluding carboxylic acids is 1. The fourth-order valence-electron chi connectivity index (χ4n) is 4.63. The molecule has 1 amide bonds. The maximum atomic E-state index is 13.9. The molecular weight excluding hydrogens is 550 g/mol. The molecule has 1 unspecified atom stereocenters. The molecular formula is C30H28BrNO6. The van der Waals surface area contributed by atoms with Gasteiger partial charge in [-0.3, -0.25) is 14.5 Å². The number of nitrogens with zero attached hydrogens (tertiary/aromatic N) is 1. The Balaban J connectivity index is 1.70. The van der Waals surface area contributed by atoms with Gasteiger partial charge in [0.1, 0.15) is 11.3 Å². The van der Waals surface area contributed by atoms with E-state index in [0.717, 1.165) is 4.47 Å². The molecule has 0 radical (unpaired) electrons. The lowest BCUT2D eigenvalue weighted by Gasteiger charge is -2.26. The van der Waals surface area contributed by atoms with E-state index in [-0.39, 0.29) is 16.8 Å². The number of methoxy groups -OCH3 is 1. The standard InChI is InChI=1S/C30H28BrNO6/c1-5-36-21-10-8-20(9-11-21)32-27(18-6-12-24(25(14-18)35-4)37-16-17(2)3)26-28(33)22-15-19(31)7-13-23(22)38-29(26)30(32)34/h6-15,17,27H,5,16H2,1-4H3. The van der Waals surface area contributed by atoms with Gasteiger partial charge in [0.05, 0.1) is 37.3 Å². The number of fused-ring (bicyclic) bond motifs is 2. The van der Waals surface area contributed by atoms with E-state index < -0.39 is 11.9 Å². The summed E-state index contributed by atoms with van der Waals surface area (Å²) in [5.41, 5.74) is 1.69. The minimum absolute atomic E-state index is 0.0304. The van der Waals surface area contributed by atoms with Gasteiger partial charge in [-0.1, -0.05) is 35.8 Å². The lowest BCUT2D eigenvalue weighted by atomic mass is 9.97. The largest absolute Gasteiger partial charge is 0.494 e. The van der Waals surface area contributed by atoms with Crippen LogP contribution in [0.15, 0.2) is 74.3 Å². The van der Waals surface area contributed by atoms with E-state index in [1.54, 1.807) is 54.5 Å². The second-order valence-electron chi connectivity index (χ2n) is 9.43. The average Bonchev–Trinajstić information content (AvgIpc) is 3.20. The molecule has 196 valence electrons. The van der Waals surface area contributed by atoms with E-state index >= 15 is 0 Å². The lowest BCUT2D eigenvalue weighted by Crippen LogP contribution is -2.29. The third kappa shape index (κ3) is 4.65. The van der Waals surface area contributed by atoms with Gasteiger partial charge < -0.3 is 18.6 Å². The minimum Gasteiger partial charge on any atom is -0.494 e. The van der Waals surface area contributed by atoms with Crippen molar-refractivity contribution in [3.05, 3.63) is 92.2 Å². The summed E-state index contributed by atoms with van der Waals surface area (Å²) in [4.78, 5) is 29.3. The number of anilines is 1. The van der Waals surface area contributed by atoms with Gasteiger partial charge in [0, 0.05) is 10.2 Å². The zero-order valence-corrected chi connectivity index (χ0v) is 23.2. The summed E-state index contributed by atoms with van der Waals surface area (Å²) in [6, 6.07) is 17.2. The average molecular weight is 578 g/mol. The Bertz CT molecular complexity index is 1560. The minimum atomic E-state index is -0.733. The summed E-state index contributed by atoms with van der Waals surface area (Å²) in [7, 11) is 1.57. The Morgan fingerprint density at radius 3 is 2.42 bits per heavy atom. The van der Waals surface area contributed by atoms with Crippen LogP contribution in [-0.2, 0) is 0 Å². The number of hydrogen-bond donors (Lipinski definition) is 0. The van der Waals surface area contributed by atoms with E-state index in [2.05, 4.69) is 29.8 Å². The van der Waals surface area contributed by atoms with Crippen LogP contribution in [-0.4, -0.2) is 26.2 Å². The predicted molar refractivity (Wildman–Crippen MR) is 150 cm³/mol. The molecule has 0 fully saturated rings. The fraction of sp³-hybridized carbons (Fsp3) is 0.267. The molecule has 0 saturated carbocycles. The van der Waals surface area contributed by atoms with Crippen molar-refractivity contribution in [2.24, 2.45) is 5.92 Å². The topological polar surface area (TPSA) is 78.2 Å². The van der Waals surface area contributed by atoms with Crippen LogP contribution in [0.5, 0.6) is 17.2 Å². The monoisotopic (exact) mass is 577 g/mol. The molecule has 4 aromatic rings. The van der Waals surface area contributed by atoms with E-state index in [1.165, 1.54) is 0 Å². The van der Waals surface area contributed by atoms with Crippen LogP contribution in [0, 0.1) is 5.92 Å². The number of hydrogen-bond acceptors (Lipinski definition) is 6. The summed E-state index contributed by atoms with van der Waals surface area (Å²) in [5.74, 6) is 1.78. The summed E-state index contributed by atoms with van der Waals surface area (Å²) < 4.78 is 24.0. The van der Waals surface area contributed by atoms with Crippen molar-refractivity contribution in [1.82, 2.24) is 0 Å². The van der Waals surface area contributed by atoms with Crippen molar-refractivity contribution >= 4 is 38.5 Å². The molecule has 0 bridgehead atoms. The molecule has 7 nitrogen and oxygen atoms in total. The number of ether oxygens (including phenoxy) is 3. The molecule has 1 aliphatic rings. The molecule has 0 spiro atoms. The molecule has 0 aliphatic carbocycles. The maximum absolute atomic E-state index is 13.9. The van der Waals surface area contributed by atoms with Crippen LogP contribution in [0.25, 0.3) is 11.0 Å². The van der Waals surface area contributed by atoms with Crippen LogP contribution >= 0.6 is 15.9 Å². The van der Waals surface area contributed by atoms with Crippen molar-refractivity contribution in [3.8, 4) is 17.2 Å². The Morgan fingerprint density at radius 1 is 0.974 bits per heavy atom. The molecule has 1 atom stereocenters. The summed E-state index contributed by atoms with van der Waals surface area (Å²) in [5, 5.41) is 0.397. The maximum Gasteiger partial charge on any atom is 0.295 e. The quantitative estimate of drug-likeness (QED) is 0.230. The highest BCUT2D eigenvalue weighted by atomic mass is 79.9. The molecule has 3 aromatic carbocycles. The van der Waals surface area contributed by atoms with Gasteiger partial charge in [0.2, 0.25) is 5.76 Å². The number of halogens is 1. The van der Waals surface area contributed by atoms with Crippen molar-refractivity contribution in [1.29, 1.82) is 0 Å². The number of carbonyl (C=O) groups is 1.